The molecule has 0 radical (unpaired) electrons. The minimum atomic E-state index is -0.382. The molecule has 4 heteroatoms. The van der Waals surface area contributed by atoms with Gasteiger partial charge in [0.25, 0.3) is 0 Å². The summed E-state index contributed by atoms with van der Waals surface area (Å²) in [5.74, 6) is -0.295. The molecular formula is C12H14BrF2N. The fourth-order valence-corrected chi connectivity index (χ4v) is 2.64. The number of hydrogen-bond donors (Lipinski definition) is 1. The first-order valence-corrected chi connectivity index (χ1v) is 6.30. The number of piperidine rings is 1. The number of halogens is 3. The number of nitrogens with one attached hydrogen (secondary N) is 1. The van der Waals surface area contributed by atoms with Gasteiger partial charge < -0.3 is 5.32 Å². The zero-order valence-corrected chi connectivity index (χ0v) is 10.5. The Morgan fingerprint density at radius 3 is 2.88 bits per heavy atom. The molecule has 1 nitrogen and oxygen atoms in total. The molecule has 0 bridgehead atoms. The van der Waals surface area contributed by atoms with E-state index in [1.807, 2.05) is 0 Å². The van der Waals surface area contributed by atoms with E-state index in [0.29, 0.717) is 17.9 Å². The Balaban J connectivity index is 2.13. The predicted molar refractivity (Wildman–Crippen MR) is 63.4 cm³/mol. The summed E-state index contributed by atoms with van der Waals surface area (Å²) in [7, 11) is 0. The van der Waals surface area contributed by atoms with E-state index in [-0.39, 0.29) is 16.1 Å². The maximum absolute atomic E-state index is 13.7. The first kappa shape index (κ1) is 12.0. The van der Waals surface area contributed by atoms with Crippen molar-refractivity contribution in [2.45, 2.75) is 19.3 Å². The van der Waals surface area contributed by atoms with E-state index in [4.69, 9.17) is 0 Å². The highest BCUT2D eigenvalue weighted by Crippen LogP contribution is 2.24. The van der Waals surface area contributed by atoms with Crippen LogP contribution in [0.15, 0.2) is 16.6 Å². The molecule has 0 aromatic heterocycles. The van der Waals surface area contributed by atoms with E-state index in [0.717, 1.165) is 32.0 Å². The molecule has 0 saturated carbocycles. The molecule has 1 N–H and O–H groups in total. The van der Waals surface area contributed by atoms with Gasteiger partial charge in [0.15, 0.2) is 0 Å². The monoisotopic (exact) mass is 289 g/mol. The second-order valence-corrected chi connectivity index (χ2v) is 5.13. The van der Waals surface area contributed by atoms with Gasteiger partial charge in [0.1, 0.15) is 11.6 Å². The van der Waals surface area contributed by atoms with E-state index in [2.05, 4.69) is 21.2 Å². The Hall–Kier alpha value is -0.480. The minimum Gasteiger partial charge on any atom is -0.316 e. The van der Waals surface area contributed by atoms with Crippen molar-refractivity contribution in [3.8, 4) is 0 Å². The average molecular weight is 290 g/mol. The third kappa shape index (κ3) is 2.80. The van der Waals surface area contributed by atoms with Gasteiger partial charge in [0.05, 0.1) is 4.47 Å². The van der Waals surface area contributed by atoms with Gasteiger partial charge >= 0.3 is 0 Å². The van der Waals surface area contributed by atoms with Crippen LogP contribution < -0.4 is 5.32 Å². The summed E-state index contributed by atoms with van der Waals surface area (Å²) in [6.07, 6.45) is 2.80. The van der Waals surface area contributed by atoms with Crippen LogP contribution in [0.2, 0.25) is 0 Å². The molecule has 0 spiro atoms. The van der Waals surface area contributed by atoms with Crippen LogP contribution in [-0.2, 0) is 6.42 Å². The fourth-order valence-electron chi connectivity index (χ4n) is 2.17. The van der Waals surface area contributed by atoms with Gasteiger partial charge in [-0.25, -0.2) is 8.78 Å². The van der Waals surface area contributed by atoms with E-state index in [9.17, 15) is 8.78 Å². The van der Waals surface area contributed by atoms with Crippen molar-refractivity contribution in [3.05, 3.63) is 33.8 Å². The third-order valence-electron chi connectivity index (χ3n) is 2.98. The van der Waals surface area contributed by atoms with Crippen molar-refractivity contribution in [3.63, 3.8) is 0 Å². The topological polar surface area (TPSA) is 12.0 Å². The number of benzene rings is 1. The summed E-state index contributed by atoms with van der Waals surface area (Å²) in [5.41, 5.74) is 0.473. The lowest BCUT2D eigenvalue weighted by atomic mass is 9.92. The Bertz CT molecular complexity index is 376. The maximum Gasteiger partial charge on any atom is 0.140 e. The summed E-state index contributed by atoms with van der Waals surface area (Å²) in [5, 5.41) is 3.28. The summed E-state index contributed by atoms with van der Waals surface area (Å²) in [4.78, 5) is 0. The summed E-state index contributed by atoms with van der Waals surface area (Å²) in [6.45, 7) is 1.93. The Kier molecular flexibility index (Phi) is 3.92. The van der Waals surface area contributed by atoms with Gasteiger partial charge in [0.2, 0.25) is 0 Å². The molecule has 1 atom stereocenters. The normalized spacial score (nSPS) is 21.1. The van der Waals surface area contributed by atoms with Crippen molar-refractivity contribution in [1.82, 2.24) is 5.32 Å². The molecule has 1 unspecified atom stereocenters. The Labute approximate surface area is 102 Å². The highest BCUT2D eigenvalue weighted by Gasteiger charge is 2.17. The van der Waals surface area contributed by atoms with Crippen molar-refractivity contribution in [2.24, 2.45) is 5.92 Å². The average Bonchev–Trinajstić information content (AvgIpc) is 2.27. The van der Waals surface area contributed by atoms with Gasteiger partial charge in [-0.05, 0) is 71.9 Å². The third-order valence-corrected chi connectivity index (χ3v) is 3.55. The summed E-state index contributed by atoms with van der Waals surface area (Å²) in [6, 6.07) is 2.46. The number of rotatable bonds is 2. The van der Waals surface area contributed by atoms with E-state index < -0.39 is 0 Å². The first-order valence-electron chi connectivity index (χ1n) is 5.51. The molecule has 1 fully saturated rings. The van der Waals surface area contributed by atoms with Crippen LogP contribution in [0, 0.1) is 17.6 Å². The standard InChI is InChI=1S/C12H14BrF2N/c13-11-6-10(14)5-9(12(11)15)4-8-2-1-3-16-7-8/h5-6,8,16H,1-4,7H2. The first-order chi connectivity index (χ1) is 7.66. The molecule has 0 aliphatic carbocycles. The second kappa shape index (κ2) is 5.23. The smallest absolute Gasteiger partial charge is 0.140 e. The van der Waals surface area contributed by atoms with Crippen LogP contribution >= 0.6 is 15.9 Å². The van der Waals surface area contributed by atoms with Gasteiger partial charge in [-0.1, -0.05) is 0 Å². The molecular weight excluding hydrogens is 276 g/mol. The Morgan fingerprint density at radius 2 is 2.19 bits per heavy atom. The minimum absolute atomic E-state index is 0.214. The van der Waals surface area contributed by atoms with Gasteiger partial charge in [-0.15, -0.1) is 0 Å². The lowest BCUT2D eigenvalue weighted by Gasteiger charge is -2.23. The van der Waals surface area contributed by atoms with Crippen molar-refractivity contribution in [1.29, 1.82) is 0 Å². The van der Waals surface area contributed by atoms with Crippen LogP contribution in [0.25, 0.3) is 0 Å². The zero-order valence-electron chi connectivity index (χ0n) is 8.90. The molecule has 1 saturated heterocycles. The molecule has 1 aliphatic heterocycles. The Morgan fingerprint density at radius 1 is 1.38 bits per heavy atom. The van der Waals surface area contributed by atoms with E-state index >= 15 is 0 Å². The van der Waals surface area contributed by atoms with Gasteiger partial charge in [-0.2, -0.15) is 0 Å². The highest BCUT2D eigenvalue weighted by molar-refractivity contribution is 9.10. The highest BCUT2D eigenvalue weighted by atomic mass is 79.9. The summed E-state index contributed by atoms with van der Waals surface area (Å²) >= 11 is 3.03. The van der Waals surface area contributed by atoms with Crippen molar-refractivity contribution in [2.75, 3.05) is 13.1 Å². The SMILES string of the molecule is Fc1cc(Br)c(F)c(CC2CCCNC2)c1. The van der Waals surface area contributed by atoms with E-state index in [1.54, 1.807) is 0 Å². The van der Waals surface area contributed by atoms with Crippen LogP contribution in [0.5, 0.6) is 0 Å². The quantitative estimate of drug-likeness (QED) is 0.824. The van der Waals surface area contributed by atoms with Gasteiger partial charge in [0, 0.05) is 0 Å². The maximum atomic E-state index is 13.7. The zero-order chi connectivity index (χ0) is 11.5. The predicted octanol–water partition coefficient (Wildman–Crippen LogP) is 3.27. The van der Waals surface area contributed by atoms with Gasteiger partial charge in [-0.3, -0.25) is 0 Å². The molecule has 16 heavy (non-hydrogen) atoms. The van der Waals surface area contributed by atoms with Crippen LogP contribution in [-0.4, -0.2) is 13.1 Å². The lowest BCUT2D eigenvalue weighted by molar-refractivity contribution is 0.371. The summed E-state index contributed by atoms with van der Waals surface area (Å²) < 4.78 is 27.1. The largest absolute Gasteiger partial charge is 0.316 e. The van der Waals surface area contributed by atoms with Crippen molar-refractivity contribution < 1.29 is 8.78 Å². The van der Waals surface area contributed by atoms with Crippen LogP contribution in [0.3, 0.4) is 0 Å². The van der Waals surface area contributed by atoms with Crippen molar-refractivity contribution >= 4 is 15.9 Å². The molecule has 1 aromatic carbocycles. The second-order valence-electron chi connectivity index (χ2n) is 4.28. The fraction of sp³-hybridized carbons (Fsp3) is 0.500. The molecule has 0 amide bonds. The molecule has 1 aliphatic rings. The molecule has 2 rings (SSSR count). The van der Waals surface area contributed by atoms with Crippen LogP contribution in [0.1, 0.15) is 18.4 Å². The van der Waals surface area contributed by atoms with Crippen LogP contribution in [0.4, 0.5) is 8.78 Å². The van der Waals surface area contributed by atoms with E-state index in [1.165, 1.54) is 6.07 Å². The lowest BCUT2D eigenvalue weighted by Crippen LogP contribution is -2.31. The molecule has 1 aromatic rings. The number of hydrogen-bond acceptors (Lipinski definition) is 1. The molecule has 1 heterocycles. The molecule has 88 valence electrons.